The number of anilines is 1. The molecule has 4 aromatic rings. The maximum absolute atomic E-state index is 13.1. The van der Waals surface area contributed by atoms with Crippen LogP contribution in [0.5, 0.6) is 5.88 Å². The first-order chi connectivity index (χ1) is 21.9. The summed E-state index contributed by atoms with van der Waals surface area (Å²) in [4.78, 5) is 38.1. The molecule has 1 saturated heterocycles. The molecule has 4 heterocycles. The van der Waals surface area contributed by atoms with Gasteiger partial charge < -0.3 is 31.1 Å². The van der Waals surface area contributed by atoms with Crippen molar-refractivity contribution in [1.29, 1.82) is 0 Å². The van der Waals surface area contributed by atoms with Crippen molar-refractivity contribution in [1.82, 2.24) is 30.9 Å². The Morgan fingerprint density at radius 3 is 2.71 bits per heavy atom. The first kappa shape index (κ1) is 32.0. The number of nitrogens with one attached hydrogen (secondary N) is 4. The van der Waals surface area contributed by atoms with Gasteiger partial charge in [-0.15, -0.1) is 0 Å². The third kappa shape index (κ3) is 7.81. The third-order valence-corrected chi connectivity index (χ3v) is 7.98. The van der Waals surface area contributed by atoms with Crippen molar-refractivity contribution in [2.75, 3.05) is 32.1 Å². The Bertz CT molecular complexity index is 1680. The number of carbonyl (C=O) groups is 2. The van der Waals surface area contributed by atoms with Crippen LogP contribution in [-0.4, -0.2) is 64.7 Å². The Morgan fingerprint density at radius 1 is 1.09 bits per heavy atom. The number of hydrogen-bond donors (Lipinski definition) is 5. The predicted octanol–water partition coefficient (Wildman–Crippen LogP) is 3.88. The van der Waals surface area contributed by atoms with Crippen LogP contribution in [0.3, 0.4) is 0 Å². The standard InChI is InChI=1S/C33H36ClN7O4/c1-20-24(4-3-5-26(20)40-32(44)28-16-21(10-12-37-28)17-35-14-15-42)31-30(34)25(11-13-38-31)27-8-6-22(33(41-27)45-2)18-36-19-23-7-9-29(43)39-23/h3-6,8,10-13,16,23,35-36,42H,7,9,14-15,17-19H2,1-2H3,(H,39,43)(H,40,44)/t23-/m1/s1. The number of pyridine rings is 3. The van der Waals surface area contributed by atoms with Gasteiger partial charge in [0.1, 0.15) is 5.69 Å². The average molecular weight is 630 g/mol. The number of ether oxygens (including phenoxy) is 1. The molecule has 1 aliphatic rings. The van der Waals surface area contributed by atoms with Gasteiger partial charge >= 0.3 is 0 Å². The van der Waals surface area contributed by atoms with Crippen LogP contribution in [0.4, 0.5) is 5.69 Å². The van der Waals surface area contributed by atoms with E-state index in [1.54, 1.807) is 25.6 Å². The van der Waals surface area contributed by atoms with Gasteiger partial charge in [-0.05, 0) is 54.8 Å². The van der Waals surface area contributed by atoms with E-state index in [0.717, 1.165) is 28.7 Å². The summed E-state index contributed by atoms with van der Waals surface area (Å²) in [7, 11) is 1.58. The molecule has 0 aliphatic carbocycles. The Hall–Kier alpha value is -4.42. The normalized spacial score (nSPS) is 14.3. The number of aromatic nitrogens is 3. The van der Waals surface area contributed by atoms with E-state index in [9.17, 15) is 9.59 Å². The second-order valence-corrected chi connectivity index (χ2v) is 11.1. The van der Waals surface area contributed by atoms with Gasteiger partial charge in [-0.3, -0.25) is 19.6 Å². The van der Waals surface area contributed by atoms with Crippen LogP contribution in [0.1, 0.15) is 40.0 Å². The number of benzene rings is 1. The molecule has 3 aromatic heterocycles. The molecule has 0 radical (unpaired) electrons. The number of aliphatic hydroxyl groups excluding tert-OH is 1. The fourth-order valence-corrected chi connectivity index (χ4v) is 5.52. The Labute approximate surface area is 266 Å². The maximum atomic E-state index is 13.1. The van der Waals surface area contributed by atoms with Gasteiger partial charge in [0.25, 0.3) is 5.91 Å². The van der Waals surface area contributed by atoms with Crippen LogP contribution in [0.25, 0.3) is 22.5 Å². The zero-order valence-corrected chi connectivity index (χ0v) is 25.9. The van der Waals surface area contributed by atoms with Crippen molar-refractivity contribution >= 4 is 29.1 Å². The fraction of sp³-hybridized carbons (Fsp3) is 0.303. The topological polar surface area (TPSA) is 150 Å². The summed E-state index contributed by atoms with van der Waals surface area (Å²) in [5, 5.41) is 21.8. The lowest BCUT2D eigenvalue weighted by atomic mass is 10.0. The van der Waals surface area contributed by atoms with E-state index in [1.807, 2.05) is 49.4 Å². The number of halogens is 1. The van der Waals surface area contributed by atoms with Crippen LogP contribution >= 0.6 is 11.6 Å². The molecule has 1 aliphatic heterocycles. The Morgan fingerprint density at radius 2 is 1.93 bits per heavy atom. The highest BCUT2D eigenvalue weighted by atomic mass is 35.5. The van der Waals surface area contributed by atoms with E-state index < -0.39 is 0 Å². The molecule has 5 N–H and O–H groups in total. The molecule has 0 unspecified atom stereocenters. The Kier molecular flexibility index (Phi) is 10.7. The molecule has 12 heteroatoms. The molecular formula is C33H36ClN7O4. The molecule has 2 amide bonds. The number of hydrogen-bond acceptors (Lipinski definition) is 9. The lowest BCUT2D eigenvalue weighted by molar-refractivity contribution is -0.119. The minimum atomic E-state index is -0.342. The summed E-state index contributed by atoms with van der Waals surface area (Å²) >= 11 is 6.97. The molecule has 11 nitrogen and oxygen atoms in total. The van der Waals surface area contributed by atoms with Crippen molar-refractivity contribution in [2.45, 2.75) is 38.9 Å². The molecule has 0 saturated carbocycles. The van der Waals surface area contributed by atoms with Gasteiger partial charge in [-0.25, -0.2) is 4.98 Å². The summed E-state index contributed by atoms with van der Waals surface area (Å²) in [6, 6.07) is 14.9. The number of amides is 2. The molecule has 5 rings (SSSR count). The van der Waals surface area contributed by atoms with Crippen LogP contribution in [0, 0.1) is 6.92 Å². The zero-order chi connectivity index (χ0) is 31.8. The van der Waals surface area contributed by atoms with Crippen LogP contribution in [0.2, 0.25) is 5.02 Å². The Balaban J connectivity index is 1.33. The summed E-state index contributed by atoms with van der Waals surface area (Å²) in [6.45, 7) is 4.12. The van der Waals surface area contributed by atoms with E-state index in [0.29, 0.717) is 66.1 Å². The van der Waals surface area contributed by atoms with Crippen LogP contribution in [0.15, 0.2) is 60.9 Å². The second-order valence-electron chi connectivity index (χ2n) is 10.7. The second kappa shape index (κ2) is 15.0. The third-order valence-electron chi connectivity index (χ3n) is 7.60. The maximum Gasteiger partial charge on any atom is 0.274 e. The van der Waals surface area contributed by atoms with Gasteiger partial charge in [-0.2, -0.15) is 0 Å². The number of aliphatic hydroxyl groups is 1. The minimum absolute atomic E-state index is 0.0363. The van der Waals surface area contributed by atoms with Crippen molar-refractivity contribution in [3.05, 3.63) is 88.3 Å². The van der Waals surface area contributed by atoms with Gasteiger partial charge in [0.05, 0.1) is 30.1 Å². The summed E-state index contributed by atoms with van der Waals surface area (Å²) in [5.41, 5.74) is 6.11. The van der Waals surface area contributed by atoms with E-state index >= 15 is 0 Å². The summed E-state index contributed by atoms with van der Waals surface area (Å²) in [5.74, 6) is 0.229. The predicted molar refractivity (Wildman–Crippen MR) is 173 cm³/mol. The number of rotatable bonds is 13. The van der Waals surface area contributed by atoms with Gasteiger partial charge in [-0.1, -0.05) is 29.8 Å². The highest BCUT2D eigenvalue weighted by Gasteiger charge is 2.21. The average Bonchev–Trinajstić information content (AvgIpc) is 3.47. The van der Waals surface area contributed by atoms with Crippen molar-refractivity contribution in [3.8, 4) is 28.4 Å². The smallest absolute Gasteiger partial charge is 0.274 e. The minimum Gasteiger partial charge on any atom is -0.481 e. The zero-order valence-electron chi connectivity index (χ0n) is 25.2. The molecule has 0 spiro atoms. The number of carbonyl (C=O) groups excluding carboxylic acids is 2. The molecule has 0 bridgehead atoms. The largest absolute Gasteiger partial charge is 0.481 e. The van der Waals surface area contributed by atoms with Crippen molar-refractivity contribution in [2.24, 2.45) is 0 Å². The molecule has 234 valence electrons. The van der Waals surface area contributed by atoms with E-state index in [2.05, 4.69) is 31.2 Å². The van der Waals surface area contributed by atoms with E-state index in [-0.39, 0.29) is 30.2 Å². The summed E-state index contributed by atoms with van der Waals surface area (Å²) < 4.78 is 5.60. The van der Waals surface area contributed by atoms with Crippen LogP contribution < -0.4 is 26.0 Å². The molecule has 1 fully saturated rings. The first-order valence-electron chi connectivity index (χ1n) is 14.7. The van der Waals surface area contributed by atoms with Gasteiger partial charge in [0.2, 0.25) is 11.8 Å². The number of methoxy groups -OCH3 is 1. The van der Waals surface area contributed by atoms with Crippen molar-refractivity contribution < 1.29 is 19.4 Å². The highest BCUT2D eigenvalue weighted by molar-refractivity contribution is 6.35. The highest BCUT2D eigenvalue weighted by Crippen LogP contribution is 2.38. The van der Waals surface area contributed by atoms with Gasteiger partial charge in [0, 0.05) is 73.4 Å². The fourth-order valence-electron chi connectivity index (χ4n) is 5.21. The molecular weight excluding hydrogens is 594 g/mol. The van der Waals surface area contributed by atoms with E-state index in [4.69, 9.17) is 26.4 Å². The van der Waals surface area contributed by atoms with Crippen molar-refractivity contribution in [3.63, 3.8) is 0 Å². The molecule has 1 atom stereocenters. The molecule has 45 heavy (non-hydrogen) atoms. The number of nitrogens with zero attached hydrogens (tertiary/aromatic N) is 3. The van der Waals surface area contributed by atoms with Gasteiger partial charge in [0.15, 0.2) is 0 Å². The SMILES string of the molecule is COc1nc(-c2ccnc(-c3cccc(NC(=O)c4cc(CNCCO)ccn4)c3C)c2Cl)ccc1CNC[C@H]1CCC(=O)N1. The summed E-state index contributed by atoms with van der Waals surface area (Å²) in [6.07, 6.45) is 4.66. The van der Waals surface area contributed by atoms with E-state index in [1.165, 1.54) is 0 Å². The first-order valence-corrected chi connectivity index (χ1v) is 15.1. The van der Waals surface area contributed by atoms with Crippen LogP contribution in [-0.2, 0) is 17.9 Å². The quantitative estimate of drug-likeness (QED) is 0.139. The monoisotopic (exact) mass is 629 g/mol. The lowest BCUT2D eigenvalue weighted by Gasteiger charge is -2.16. The molecule has 1 aromatic carbocycles. The lowest BCUT2D eigenvalue weighted by Crippen LogP contribution is -2.35.